The van der Waals surface area contributed by atoms with Gasteiger partial charge in [-0.05, 0) is 6.07 Å². The van der Waals surface area contributed by atoms with E-state index in [-0.39, 0.29) is 6.20 Å². The van der Waals surface area contributed by atoms with Gasteiger partial charge in [-0.2, -0.15) is 0 Å². The minimum Gasteiger partial charge on any atom is -0.259 e. The van der Waals surface area contributed by atoms with E-state index in [1.54, 1.807) is 0 Å². The molecule has 0 radical (unpaired) electrons. The molecule has 80 valence electrons. The van der Waals surface area contributed by atoms with E-state index in [1.165, 1.54) is 0 Å². The molecule has 0 amide bonds. The Bertz CT molecular complexity index is 445. The van der Waals surface area contributed by atoms with Crippen LogP contribution in [0, 0.1) is 33.4 Å². The van der Waals surface area contributed by atoms with Gasteiger partial charge in [0.15, 0.2) is 23.3 Å². The Hall–Kier alpha value is -1.92. The highest BCUT2D eigenvalue weighted by Gasteiger charge is 2.17. The first-order valence-electron chi connectivity index (χ1n) is 3.58. The predicted molar refractivity (Wildman–Crippen MR) is 42.3 cm³/mol. The van der Waals surface area contributed by atoms with Crippen LogP contribution in [0.25, 0.3) is 6.08 Å². The molecular weight excluding hydrogens is 218 g/mol. The summed E-state index contributed by atoms with van der Waals surface area (Å²) in [6.45, 7) is 0. The van der Waals surface area contributed by atoms with Crippen molar-refractivity contribution in [2.75, 3.05) is 0 Å². The summed E-state index contributed by atoms with van der Waals surface area (Å²) in [5, 5.41) is 9.86. The summed E-state index contributed by atoms with van der Waals surface area (Å²) in [7, 11) is 0. The molecule has 3 nitrogen and oxygen atoms in total. The summed E-state index contributed by atoms with van der Waals surface area (Å²) in [5.74, 6) is -7.24. The molecule has 0 atom stereocenters. The number of nitrogens with zero attached hydrogens (tertiary/aromatic N) is 1. The Morgan fingerprint density at radius 3 is 2.27 bits per heavy atom. The van der Waals surface area contributed by atoms with E-state index in [9.17, 15) is 27.7 Å². The van der Waals surface area contributed by atoms with E-state index in [0.29, 0.717) is 12.1 Å². The largest absolute Gasteiger partial charge is 0.259 e. The molecule has 0 bridgehead atoms. The molecule has 0 unspecified atom stereocenters. The average Bonchev–Trinajstić information content (AvgIpc) is 2.18. The van der Waals surface area contributed by atoms with Crippen molar-refractivity contribution in [3.05, 3.63) is 51.2 Å². The molecule has 1 aromatic rings. The number of hydrogen-bond acceptors (Lipinski definition) is 2. The topological polar surface area (TPSA) is 43.1 Å². The fraction of sp³-hybridized carbons (Fsp3) is 0. The Labute approximate surface area is 80.8 Å². The summed E-state index contributed by atoms with van der Waals surface area (Å²) in [6.07, 6.45) is 0.816. The van der Waals surface area contributed by atoms with Crippen LogP contribution >= 0.6 is 0 Å². The molecule has 0 aliphatic heterocycles. The zero-order chi connectivity index (χ0) is 11.6. The number of rotatable bonds is 2. The quantitative estimate of drug-likeness (QED) is 0.253. The highest BCUT2D eigenvalue weighted by atomic mass is 19.2. The van der Waals surface area contributed by atoms with Gasteiger partial charge in [0.1, 0.15) is 0 Å². The van der Waals surface area contributed by atoms with Crippen molar-refractivity contribution in [1.82, 2.24) is 0 Å². The minimum absolute atomic E-state index is 0.287. The van der Waals surface area contributed by atoms with Crippen LogP contribution < -0.4 is 0 Å². The minimum atomic E-state index is -2.00. The molecule has 0 aromatic heterocycles. The second kappa shape index (κ2) is 4.07. The van der Waals surface area contributed by atoms with Gasteiger partial charge in [-0.1, -0.05) is 0 Å². The number of halogens is 4. The lowest BCUT2D eigenvalue weighted by Gasteiger charge is -1.99. The molecule has 7 heteroatoms. The third kappa shape index (κ3) is 2.30. The molecule has 0 aliphatic carbocycles. The van der Waals surface area contributed by atoms with E-state index in [2.05, 4.69) is 0 Å². The molecule has 0 saturated heterocycles. The highest BCUT2D eigenvalue weighted by Crippen LogP contribution is 2.19. The first kappa shape index (κ1) is 11.2. The fourth-order valence-corrected chi connectivity index (χ4v) is 0.854. The van der Waals surface area contributed by atoms with E-state index < -0.39 is 33.8 Å². The number of benzene rings is 1. The van der Waals surface area contributed by atoms with Crippen molar-refractivity contribution in [2.24, 2.45) is 0 Å². The van der Waals surface area contributed by atoms with Crippen LogP contribution in [0.15, 0.2) is 12.3 Å². The maximum Gasteiger partial charge on any atom is 0.235 e. The van der Waals surface area contributed by atoms with Gasteiger partial charge in [-0.25, -0.2) is 17.6 Å². The first-order chi connectivity index (χ1) is 6.93. The summed E-state index contributed by atoms with van der Waals surface area (Å²) >= 11 is 0. The van der Waals surface area contributed by atoms with E-state index in [0.717, 1.165) is 0 Å². The van der Waals surface area contributed by atoms with Gasteiger partial charge >= 0.3 is 0 Å². The monoisotopic (exact) mass is 221 g/mol. The van der Waals surface area contributed by atoms with Gasteiger partial charge in [0.25, 0.3) is 0 Å². The van der Waals surface area contributed by atoms with Crippen LogP contribution in [0.2, 0.25) is 0 Å². The van der Waals surface area contributed by atoms with Crippen molar-refractivity contribution in [1.29, 1.82) is 0 Å². The van der Waals surface area contributed by atoms with Crippen LogP contribution in [0.3, 0.4) is 0 Å². The third-order valence-electron chi connectivity index (χ3n) is 1.51. The lowest BCUT2D eigenvalue weighted by molar-refractivity contribution is -0.400. The van der Waals surface area contributed by atoms with Crippen molar-refractivity contribution < 1.29 is 22.5 Å². The molecular formula is C8H3F4NO2. The van der Waals surface area contributed by atoms with Crippen molar-refractivity contribution in [3.63, 3.8) is 0 Å². The van der Waals surface area contributed by atoms with Crippen LogP contribution in [-0.2, 0) is 0 Å². The molecule has 0 N–H and O–H groups in total. The summed E-state index contributed by atoms with van der Waals surface area (Å²) in [5.41, 5.74) is -0.733. The zero-order valence-corrected chi connectivity index (χ0v) is 7.01. The molecule has 1 aromatic carbocycles. The molecule has 0 fully saturated rings. The molecule has 0 aliphatic rings. The van der Waals surface area contributed by atoms with Crippen molar-refractivity contribution in [2.45, 2.75) is 0 Å². The first-order valence-corrected chi connectivity index (χ1v) is 3.58. The third-order valence-corrected chi connectivity index (χ3v) is 1.51. The maximum atomic E-state index is 12.8. The van der Waals surface area contributed by atoms with E-state index in [4.69, 9.17) is 0 Å². The predicted octanol–water partition coefficient (Wildman–Crippen LogP) is 2.49. The van der Waals surface area contributed by atoms with Gasteiger partial charge in [0.2, 0.25) is 6.20 Å². The van der Waals surface area contributed by atoms with Gasteiger partial charge in [-0.15, -0.1) is 0 Å². The second-order valence-corrected chi connectivity index (χ2v) is 2.49. The van der Waals surface area contributed by atoms with E-state index in [1.807, 2.05) is 0 Å². The van der Waals surface area contributed by atoms with Crippen molar-refractivity contribution in [3.8, 4) is 0 Å². The fourth-order valence-electron chi connectivity index (χ4n) is 0.854. The lowest BCUT2D eigenvalue weighted by Crippen LogP contribution is -1.98. The highest BCUT2D eigenvalue weighted by molar-refractivity contribution is 5.49. The number of nitro groups is 1. The zero-order valence-electron chi connectivity index (χ0n) is 7.01. The summed E-state index contributed by atoms with van der Waals surface area (Å²) < 4.78 is 50.4. The van der Waals surface area contributed by atoms with Crippen LogP contribution in [0.4, 0.5) is 17.6 Å². The molecule has 1 rings (SSSR count). The Morgan fingerprint density at radius 2 is 1.73 bits per heavy atom. The smallest absolute Gasteiger partial charge is 0.235 e. The van der Waals surface area contributed by atoms with Gasteiger partial charge in [-0.3, -0.25) is 10.1 Å². The van der Waals surface area contributed by atoms with E-state index >= 15 is 0 Å². The molecule has 0 heterocycles. The maximum absolute atomic E-state index is 12.8. The van der Waals surface area contributed by atoms with Gasteiger partial charge in [0.05, 0.1) is 4.92 Å². The Kier molecular flexibility index (Phi) is 3.03. The normalized spacial score (nSPS) is 10.9. The second-order valence-electron chi connectivity index (χ2n) is 2.49. The van der Waals surface area contributed by atoms with Crippen molar-refractivity contribution >= 4 is 6.08 Å². The average molecular weight is 221 g/mol. The van der Waals surface area contributed by atoms with Crippen LogP contribution in [-0.4, -0.2) is 4.92 Å². The van der Waals surface area contributed by atoms with Crippen LogP contribution in [0.5, 0.6) is 0 Å². The molecule has 15 heavy (non-hydrogen) atoms. The summed E-state index contributed by atoms with van der Waals surface area (Å²) in [4.78, 5) is 8.91. The van der Waals surface area contributed by atoms with Gasteiger partial charge in [0, 0.05) is 11.6 Å². The summed E-state index contributed by atoms with van der Waals surface area (Å²) in [6, 6.07) is 0.327. The van der Waals surface area contributed by atoms with Gasteiger partial charge < -0.3 is 0 Å². The Balaban J connectivity index is 3.26. The molecule has 0 saturated carbocycles. The standard InChI is InChI=1S/C8H3F4NO2/c9-5-3-4(1-2-13(14)15)6(10)8(12)7(5)11/h1-3H/b2-1+. The SMILES string of the molecule is O=[N+]([O-])/C=C/c1cc(F)c(F)c(F)c1F. The Morgan fingerprint density at radius 1 is 1.13 bits per heavy atom. The molecule has 0 spiro atoms. The van der Waals surface area contributed by atoms with Crippen LogP contribution in [0.1, 0.15) is 5.56 Å². The number of hydrogen-bond donors (Lipinski definition) is 0. The lowest BCUT2D eigenvalue weighted by atomic mass is 10.2.